The first-order valence-electron chi connectivity index (χ1n) is 7.27. The highest BCUT2D eigenvalue weighted by Crippen LogP contribution is 2.21. The largest absolute Gasteiger partial charge is 0.379 e. The highest BCUT2D eigenvalue weighted by Gasteiger charge is 2.36. The Morgan fingerprint density at radius 3 is 2.95 bits per heavy atom. The van der Waals surface area contributed by atoms with Gasteiger partial charge in [-0.2, -0.15) is 0 Å². The molecule has 1 amide bonds. The average Bonchev–Trinajstić information content (AvgIpc) is 3.06. The van der Waals surface area contributed by atoms with E-state index >= 15 is 0 Å². The first-order chi connectivity index (χ1) is 9.63. The van der Waals surface area contributed by atoms with Gasteiger partial charge in [0.05, 0.1) is 25.7 Å². The van der Waals surface area contributed by atoms with Crippen LogP contribution in [-0.4, -0.2) is 42.6 Å². The average molecular weight is 296 g/mol. The molecule has 1 N–H and O–H groups in total. The second-order valence-electron chi connectivity index (χ2n) is 5.45. The predicted molar refractivity (Wildman–Crippen MR) is 81.8 cm³/mol. The van der Waals surface area contributed by atoms with E-state index in [2.05, 4.69) is 37.5 Å². The van der Waals surface area contributed by atoms with Crippen molar-refractivity contribution < 1.29 is 9.53 Å². The molecular formula is C15H24N2O2S. The smallest absolute Gasteiger partial charge is 0.230 e. The van der Waals surface area contributed by atoms with E-state index in [1.807, 2.05) is 11.0 Å². The third kappa shape index (κ3) is 3.59. The number of nitrogens with zero attached hydrogens (tertiary/aromatic N) is 1. The van der Waals surface area contributed by atoms with Crippen LogP contribution < -0.4 is 5.32 Å². The maximum Gasteiger partial charge on any atom is 0.230 e. The number of carbonyl (C=O) groups is 1. The molecule has 2 unspecified atom stereocenters. The highest BCUT2D eigenvalue weighted by atomic mass is 32.1. The van der Waals surface area contributed by atoms with Crippen molar-refractivity contribution in [3.05, 3.63) is 22.4 Å². The first-order valence-corrected chi connectivity index (χ1v) is 8.15. The molecular weight excluding hydrogens is 272 g/mol. The van der Waals surface area contributed by atoms with Crippen LogP contribution in [0.25, 0.3) is 0 Å². The lowest BCUT2D eigenvalue weighted by molar-refractivity contribution is -0.138. The molecule has 1 aliphatic rings. The van der Waals surface area contributed by atoms with Crippen LogP contribution in [-0.2, 0) is 16.1 Å². The third-order valence-electron chi connectivity index (χ3n) is 3.68. The van der Waals surface area contributed by atoms with Gasteiger partial charge in [0.1, 0.15) is 0 Å². The number of thiophene rings is 1. The summed E-state index contributed by atoms with van der Waals surface area (Å²) >= 11 is 1.70. The minimum Gasteiger partial charge on any atom is -0.379 e. The van der Waals surface area contributed by atoms with Crippen molar-refractivity contribution in [1.82, 2.24) is 10.2 Å². The lowest BCUT2D eigenvalue weighted by atomic mass is 10.0. The summed E-state index contributed by atoms with van der Waals surface area (Å²) < 4.78 is 5.50. The van der Waals surface area contributed by atoms with E-state index in [4.69, 9.17) is 4.74 Å². The number of ether oxygens (including phenoxy) is 1. The second-order valence-corrected chi connectivity index (χ2v) is 6.48. The number of nitrogens with one attached hydrogen (secondary N) is 1. The molecule has 20 heavy (non-hydrogen) atoms. The van der Waals surface area contributed by atoms with Gasteiger partial charge in [0, 0.05) is 17.0 Å². The number of hydrogen-bond donors (Lipinski definition) is 1. The maximum absolute atomic E-state index is 12.8. The summed E-state index contributed by atoms with van der Waals surface area (Å²) in [6.45, 7) is 8.94. The molecule has 1 aliphatic heterocycles. The molecule has 1 aromatic rings. The molecule has 2 heterocycles. The number of hydrogen-bond acceptors (Lipinski definition) is 4. The molecule has 1 aromatic heterocycles. The van der Waals surface area contributed by atoms with Crippen LogP contribution in [0, 0.1) is 5.92 Å². The van der Waals surface area contributed by atoms with Gasteiger partial charge in [-0.25, -0.2) is 0 Å². The molecule has 2 rings (SSSR count). The Labute approximate surface area is 125 Å². The predicted octanol–water partition coefficient (Wildman–Crippen LogP) is 2.11. The molecule has 1 fully saturated rings. The van der Waals surface area contributed by atoms with E-state index < -0.39 is 0 Å². The summed E-state index contributed by atoms with van der Waals surface area (Å²) in [7, 11) is 0. The molecule has 0 spiro atoms. The van der Waals surface area contributed by atoms with Crippen molar-refractivity contribution >= 4 is 17.2 Å². The summed E-state index contributed by atoms with van der Waals surface area (Å²) in [6, 6.07) is 4.47. The number of likely N-dealkylation sites (N-methyl/N-ethyl adjacent to an activating group) is 1. The number of carbonyl (C=O) groups excluding carboxylic acids is 1. The third-order valence-corrected chi connectivity index (χ3v) is 4.54. The molecule has 0 saturated carbocycles. The van der Waals surface area contributed by atoms with Gasteiger partial charge >= 0.3 is 0 Å². The SMILES string of the molecule is CCNC1COCC1C(=O)N(Cc1cccs1)C(C)C. The van der Waals surface area contributed by atoms with E-state index in [9.17, 15) is 4.79 Å². The van der Waals surface area contributed by atoms with Crippen LogP contribution in [0.1, 0.15) is 25.6 Å². The van der Waals surface area contributed by atoms with Crippen molar-refractivity contribution in [3.8, 4) is 0 Å². The van der Waals surface area contributed by atoms with Crippen LogP contribution in [0.5, 0.6) is 0 Å². The van der Waals surface area contributed by atoms with E-state index in [0.29, 0.717) is 19.8 Å². The van der Waals surface area contributed by atoms with Gasteiger partial charge in [-0.15, -0.1) is 11.3 Å². The zero-order valence-corrected chi connectivity index (χ0v) is 13.3. The molecule has 0 aliphatic carbocycles. The van der Waals surface area contributed by atoms with Crippen molar-refractivity contribution in [3.63, 3.8) is 0 Å². The molecule has 5 heteroatoms. The summed E-state index contributed by atoms with van der Waals surface area (Å²) in [5, 5.41) is 5.41. The quantitative estimate of drug-likeness (QED) is 0.874. The summed E-state index contributed by atoms with van der Waals surface area (Å²) in [5.41, 5.74) is 0. The topological polar surface area (TPSA) is 41.6 Å². The highest BCUT2D eigenvalue weighted by molar-refractivity contribution is 7.09. The molecule has 112 valence electrons. The van der Waals surface area contributed by atoms with Crippen LogP contribution in [0.2, 0.25) is 0 Å². The molecule has 1 saturated heterocycles. The lowest BCUT2D eigenvalue weighted by Gasteiger charge is -2.30. The van der Waals surface area contributed by atoms with E-state index in [0.717, 1.165) is 6.54 Å². The Bertz CT molecular complexity index is 420. The zero-order valence-electron chi connectivity index (χ0n) is 12.5. The fraction of sp³-hybridized carbons (Fsp3) is 0.667. The van der Waals surface area contributed by atoms with Crippen molar-refractivity contribution in [2.24, 2.45) is 5.92 Å². The monoisotopic (exact) mass is 296 g/mol. The van der Waals surface area contributed by atoms with Crippen molar-refractivity contribution in [1.29, 1.82) is 0 Å². The van der Waals surface area contributed by atoms with Gasteiger partial charge in [-0.3, -0.25) is 4.79 Å². The van der Waals surface area contributed by atoms with Gasteiger partial charge < -0.3 is 15.0 Å². The molecule has 4 nitrogen and oxygen atoms in total. The second kappa shape index (κ2) is 7.20. The minimum absolute atomic E-state index is 0.0580. The maximum atomic E-state index is 12.8. The summed E-state index contributed by atoms with van der Waals surface area (Å²) in [6.07, 6.45) is 0. The minimum atomic E-state index is -0.0580. The molecule has 0 bridgehead atoms. The molecule has 0 aromatic carbocycles. The Morgan fingerprint density at radius 2 is 2.35 bits per heavy atom. The molecule has 2 atom stereocenters. The Hall–Kier alpha value is -0.910. The van der Waals surface area contributed by atoms with Gasteiger partial charge in [0.15, 0.2) is 0 Å². The van der Waals surface area contributed by atoms with Gasteiger partial charge in [-0.05, 0) is 31.8 Å². The zero-order chi connectivity index (χ0) is 14.5. The van der Waals surface area contributed by atoms with Crippen LogP contribution in [0.15, 0.2) is 17.5 Å². The van der Waals surface area contributed by atoms with E-state index in [1.165, 1.54) is 4.88 Å². The summed E-state index contributed by atoms with van der Waals surface area (Å²) in [5.74, 6) is 0.147. The Morgan fingerprint density at radius 1 is 1.55 bits per heavy atom. The van der Waals surface area contributed by atoms with E-state index in [1.54, 1.807) is 11.3 Å². The van der Waals surface area contributed by atoms with Crippen molar-refractivity contribution in [2.45, 2.75) is 39.4 Å². The number of rotatable bonds is 6. The van der Waals surface area contributed by atoms with Crippen LogP contribution in [0.4, 0.5) is 0 Å². The summed E-state index contributed by atoms with van der Waals surface area (Å²) in [4.78, 5) is 16.0. The fourth-order valence-electron chi connectivity index (χ4n) is 2.56. The van der Waals surface area contributed by atoms with Crippen molar-refractivity contribution in [2.75, 3.05) is 19.8 Å². The van der Waals surface area contributed by atoms with Gasteiger partial charge in [0.25, 0.3) is 0 Å². The van der Waals surface area contributed by atoms with Crippen LogP contribution in [0.3, 0.4) is 0 Å². The lowest BCUT2D eigenvalue weighted by Crippen LogP contribution is -2.47. The Kier molecular flexibility index (Phi) is 5.57. The van der Waals surface area contributed by atoms with Gasteiger partial charge in [0.2, 0.25) is 5.91 Å². The normalized spacial score (nSPS) is 22.4. The Balaban J connectivity index is 2.06. The molecule has 0 radical (unpaired) electrons. The fourth-order valence-corrected chi connectivity index (χ4v) is 3.26. The van der Waals surface area contributed by atoms with Gasteiger partial charge in [-0.1, -0.05) is 13.0 Å². The van der Waals surface area contributed by atoms with E-state index in [-0.39, 0.29) is 23.9 Å². The van der Waals surface area contributed by atoms with Crippen LogP contribution >= 0.6 is 11.3 Å². The standard InChI is InChI=1S/C15H24N2O2S/c1-4-16-14-10-19-9-13(14)15(18)17(11(2)3)8-12-6-5-7-20-12/h5-7,11,13-14,16H,4,8-10H2,1-3H3. The first kappa shape index (κ1) is 15.5. The number of amides is 1.